The first kappa shape index (κ1) is 13.7. The third-order valence-corrected chi connectivity index (χ3v) is 3.88. The zero-order chi connectivity index (χ0) is 13.0. The number of hydrogen-bond acceptors (Lipinski definition) is 3. The summed E-state index contributed by atoms with van der Waals surface area (Å²) in [6.07, 6.45) is 2.03. The number of hydrogen-bond donors (Lipinski definition) is 2. The summed E-state index contributed by atoms with van der Waals surface area (Å²) in [7, 11) is 1.95. The van der Waals surface area contributed by atoms with Gasteiger partial charge >= 0.3 is 0 Å². The number of anilines is 1. The number of nitrogens with one attached hydrogen (secondary N) is 1. The van der Waals surface area contributed by atoms with Gasteiger partial charge in [-0.1, -0.05) is 23.7 Å². The molecule has 0 saturated carbocycles. The Labute approximate surface area is 114 Å². The summed E-state index contributed by atoms with van der Waals surface area (Å²) in [6, 6.07) is 6.08. The van der Waals surface area contributed by atoms with Gasteiger partial charge in [-0.25, -0.2) is 0 Å². The number of nitrogens with zero attached hydrogens (tertiary/aromatic N) is 1. The van der Waals surface area contributed by atoms with E-state index in [4.69, 9.17) is 16.7 Å². The smallest absolute Gasteiger partial charge is 0.0642 e. The Morgan fingerprint density at radius 3 is 3.06 bits per heavy atom. The zero-order valence-electron chi connectivity index (χ0n) is 10.8. The van der Waals surface area contributed by atoms with Crippen LogP contribution >= 0.6 is 11.6 Å². The fraction of sp³-hybridized carbons (Fsp3) is 0.571. The molecule has 1 unspecified atom stereocenters. The van der Waals surface area contributed by atoms with E-state index in [0.717, 1.165) is 43.2 Å². The molecule has 0 amide bonds. The first-order valence-corrected chi connectivity index (χ1v) is 6.92. The third kappa shape index (κ3) is 2.97. The Balaban J connectivity index is 2.17. The molecular formula is C14H21ClN2O. The van der Waals surface area contributed by atoms with E-state index in [2.05, 4.69) is 16.3 Å². The number of benzene rings is 1. The van der Waals surface area contributed by atoms with Gasteiger partial charge in [0.2, 0.25) is 0 Å². The minimum Gasteiger partial charge on any atom is -0.396 e. The minimum absolute atomic E-state index is 0.282. The highest BCUT2D eigenvalue weighted by Crippen LogP contribution is 2.34. The van der Waals surface area contributed by atoms with E-state index < -0.39 is 0 Å². The Kier molecular flexibility index (Phi) is 4.87. The molecule has 4 heteroatoms. The van der Waals surface area contributed by atoms with Gasteiger partial charge in [0.1, 0.15) is 0 Å². The fourth-order valence-electron chi connectivity index (χ4n) is 2.70. The van der Waals surface area contributed by atoms with Crippen LogP contribution in [0, 0.1) is 5.92 Å². The maximum atomic E-state index is 9.02. The molecule has 1 atom stereocenters. The van der Waals surface area contributed by atoms with E-state index in [-0.39, 0.29) is 6.61 Å². The molecule has 2 rings (SSSR count). The van der Waals surface area contributed by atoms with Crippen LogP contribution in [0.1, 0.15) is 18.4 Å². The molecule has 1 aliphatic rings. The van der Waals surface area contributed by atoms with Gasteiger partial charge in [0.25, 0.3) is 0 Å². The summed E-state index contributed by atoms with van der Waals surface area (Å²) in [5.41, 5.74) is 2.41. The highest BCUT2D eigenvalue weighted by Gasteiger charge is 2.25. The lowest BCUT2D eigenvalue weighted by Gasteiger charge is -2.23. The Morgan fingerprint density at radius 2 is 2.33 bits per heavy atom. The van der Waals surface area contributed by atoms with Crippen LogP contribution in [0.15, 0.2) is 18.2 Å². The minimum atomic E-state index is 0.282. The van der Waals surface area contributed by atoms with Crippen molar-refractivity contribution >= 4 is 17.3 Å². The van der Waals surface area contributed by atoms with Crippen molar-refractivity contribution in [2.24, 2.45) is 5.92 Å². The molecule has 100 valence electrons. The van der Waals surface area contributed by atoms with Gasteiger partial charge in [-0.3, -0.25) is 0 Å². The van der Waals surface area contributed by atoms with Crippen LogP contribution in [0.25, 0.3) is 0 Å². The lowest BCUT2D eigenvalue weighted by Crippen LogP contribution is -2.23. The maximum Gasteiger partial charge on any atom is 0.0642 e. The predicted octanol–water partition coefficient (Wildman–Crippen LogP) is 2.27. The van der Waals surface area contributed by atoms with Gasteiger partial charge < -0.3 is 15.3 Å². The number of para-hydroxylation sites is 1. The van der Waals surface area contributed by atoms with Gasteiger partial charge in [-0.2, -0.15) is 0 Å². The van der Waals surface area contributed by atoms with E-state index in [1.807, 2.05) is 19.2 Å². The second-order valence-corrected chi connectivity index (χ2v) is 5.30. The maximum absolute atomic E-state index is 9.02. The van der Waals surface area contributed by atoms with Crippen molar-refractivity contribution in [3.63, 3.8) is 0 Å². The molecule has 0 bridgehead atoms. The molecular weight excluding hydrogens is 248 g/mol. The molecule has 0 aliphatic carbocycles. The van der Waals surface area contributed by atoms with E-state index >= 15 is 0 Å². The zero-order valence-corrected chi connectivity index (χ0v) is 11.6. The van der Waals surface area contributed by atoms with Crippen molar-refractivity contribution in [2.75, 3.05) is 31.6 Å². The summed E-state index contributed by atoms with van der Waals surface area (Å²) in [6.45, 7) is 3.15. The van der Waals surface area contributed by atoms with Crippen molar-refractivity contribution in [1.29, 1.82) is 0 Å². The van der Waals surface area contributed by atoms with Gasteiger partial charge in [0.05, 0.1) is 10.7 Å². The summed E-state index contributed by atoms with van der Waals surface area (Å²) < 4.78 is 0. The molecule has 1 heterocycles. The van der Waals surface area contributed by atoms with E-state index in [1.165, 1.54) is 5.56 Å². The summed E-state index contributed by atoms with van der Waals surface area (Å²) >= 11 is 6.35. The van der Waals surface area contributed by atoms with Crippen LogP contribution in [0.4, 0.5) is 5.69 Å². The number of halogens is 1. The van der Waals surface area contributed by atoms with Gasteiger partial charge in [-0.15, -0.1) is 0 Å². The molecule has 0 radical (unpaired) electrons. The Morgan fingerprint density at radius 1 is 1.50 bits per heavy atom. The highest BCUT2D eigenvalue weighted by molar-refractivity contribution is 6.33. The summed E-state index contributed by atoms with van der Waals surface area (Å²) in [4.78, 5) is 2.36. The van der Waals surface area contributed by atoms with Crippen LogP contribution in [0.5, 0.6) is 0 Å². The van der Waals surface area contributed by atoms with E-state index in [9.17, 15) is 0 Å². The van der Waals surface area contributed by atoms with Crippen molar-refractivity contribution < 1.29 is 5.11 Å². The molecule has 1 aromatic rings. The Hall–Kier alpha value is -0.770. The lowest BCUT2D eigenvalue weighted by atomic mass is 10.1. The molecule has 18 heavy (non-hydrogen) atoms. The number of rotatable bonds is 5. The SMILES string of the molecule is CNCc1cccc(Cl)c1N1CCC(CCO)C1. The molecule has 1 fully saturated rings. The molecule has 1 aliphatic heterocycles. The van der Waals surface area contributed by atoms with Crippen molar-refractivity contribution in [2.45, 2.75) is 19.4 Å². The monoisotopic (exact) mass is 268 g/mol. The van der Waals surface area contributed by atoms with Crippen LogP contribution in [-0.2, 0) is 6.54 Å². The normalized spacial score (nSPS) is 19.5. The first-order valence-electron chi connectivity index (χ1n) is 6.54. The van der Waals surface area contributed by atoms with Crippen LogP contribution in [-0.4, -0.2) is 31.9 Å². The number of aliphatic hydroxyl groups is 1. The van der Waals surface area contributed by atoms with Crippen molar-refractivity contribution in [3.05, 3.63) is 28.8 Å². The average Bonchev–Trinajstić information content (AvgIpc) is 2.78. The van der Waals surface area contributed by atoms with Crippen LogP contribution in [0.2, 0.25) is 5.02 Å². The molecule has 2 N–H and O–H groups in total. The van der Waals surface area contributed by atoms with Crippen LogP contribution in [0.3, 0.4) is 0 Å². The predicted molar refractivity (Wildman–Crippen MR) is 76.2 cm³/mol. The molecule has 3 nitrogen and oxygen atoms in total. The quantitative estimate of drug-likeness (QED) is 0.860. The molecule has 1 aromatic carbocycles. The molecule has 1 saturated heterocycles. The fourth-order valence-corrected chi connectivity index (χ4v) is 3.01. The number of aliphatic hydroxyl groups excluding tert-OH is 1. The topological polar surface area (TPSA) is 35.5 Å². The van der Waals surface area contributed by atoms with Gasteiger partial charge in [-0.05, 0) is 37.4 Å². The second-order valence-electron chi connectivity index (χ2n) is 4.89. The van der Waals surface area contributed by atoms with Crippen LogP contribution < -0.4 is 10.2 Å². The molecule has 0 spiro atoms. The lowest BCUT2D eigenvalue weighted by molar-refractivity contribution is 0.263. The third-order valence-electron chi connectivity index (χ3n) is 3.58. The van der Waals surface area contributed by atoms with Gasteiger partial charge in [0.15, 0.2) is 0 Å². The van der Waals surface area contributed by atoms with Gasteiger partial charge in [0, 0.05) is 26.2 Å². The molecule has 0 aromatic heterocycles. The van der Waals surface area contributed by atoms with Crippen molar-refractivity contribution in [3.8, 4) is 0 Å². The largest absolute Gasteiger partial charge is 0.396 e. The van der Waals surface area contributed by atoms with Crippen molar-refractivity contribution in [1.82, 2.24) is 5.32 Å². The highest BCUT2D eigenvalue weighted by atomic mass is 35.5. The average molecular weight is 269 g/mol. The first-order chi connectivity index (χ1) is 8.76. The van der Waals surface area contributed by atoms with E-state index in [0.29, 0.717) is 5.92 Å². The summed E-state index contributed by atoms with van der Waals surface area (Å²) in [5.74, 6) is 0.591. The Bertz CT molecular complexity index is 397. The summed E-state index contributed by atoms with van der Waals surface area (Å²) in [5, 5.41) is 13.0. The second kappa shape index (κ2) is 6.41. The standard InChI is InChI=1S/C14H21ClN2O/c1-16-9-12-3-2-4-13(15)14(12)17-7-5-11(10-17)6-8-18/h2-4,11,16,18H,5-10H2,1H3. The van der Waals surface area contributed by atoms with E-state index in [1.54, 1.807) is 0 Å².